The number of para-hydroxylation sites is 1. The number of benzene rings is 1. The van der Waals surface area contributed by atoms with E-state index < -0.39 is 0 Å². The summed E-state index contributed by atoms with van der Waals surface area (Å²) in [5.74, 6) is -0.456. The minimum Gasteiger partial charge on any atom is -0.468 e. The zero-order valence-corrected chi connectivity index (χ0v) is 18.5. The lowest BCUT2D eigenvalue weighted by molar-refractivity contribution is -0.142. The zero-order chi connectivity index (χ0) is 22.8. The van der Waals surface area contributed by atoms with Crippen LogP contribution in [0.15, 0.2) is 47.5 Å². The molecule has 4 rings (SSSR count). The van der Waals surface area contributed by atoms with Crippen molar-refractivity contribution in [3.63, 3.8) is 0 Å². The molecule has 0 aliphatic carbocycles. The highest BCUT2D eigenvalue weighted by molar-refractivity contribution is 6.00. The number of pyridine rings is 1. The summed E-state index contributed by atoms with van der Waals surface area (Å²) in [4.78, 5) is 41.9. The molecule has 0 atom stereocenters. The van der Waals surface area contributed by atoms with Gasteiger partial charge in [-0.25, -0.2) is 0 Å². The molecule has 0 spiro atoms. The van der Waals surface area contributed by atoms with Crippen LogP contribution in [-0.2, 0) is 9.53 Å². The minimum absolute atomic E-state index is 0.0716. The van der Waals surface area contributed by atoms with Crippen LogP contribution in [0.2, 0.25) is 0 Å². The number of carbonyl (C=O) groups excluding carboxylic acids is 2. The Kier molecular flexibility index (Phi) is 6.09. The summed E-state index contributed by atoms with van der Waals surface area (Å²) >= 11 is 0. The summed E-state index contributed by atoms with van der Waals surface area (Å²) < 4.78 is 7.95. The van der Waals surface area contributed by atoms with Crippen LogP contribution in [0.4, 0.5) is 0 Å². The van der Waals surface area contributed by atoms with E-state index in [4.69, 9.17) is 4.74 Å². The van der Waals surface area contributed by atoms with E-state index in [0.717, 1.165) is 0 Å². The summed E-state index contributed by atoms with van der Waals surface area (Å²) in [5.41, 5.74) is 1.62. The molecule has 0 aromatic heterocycles. The molecule has 32 heavy (non-hydrogen) atoms. The first-order chi connectivity index (χ1) is 15.4. The Hall–Kier alpha value is -3.46. The standard InChI is InChI=1S/C23H27N5O4/c1-16(2)27-13-18(22(30)26-11-9-25(10-12-26)15-20(29)32-3)21-19(14-27)23(31)28(24-21)17-7-5-4-6-8-17/h4-8,13-14,16H,9-12,15H2,1-3H3. The van der Waals surface area contributed by atoms with Gasteiger partial charge in [0, 0.05) is 44.6 Å². The number of piperazine rings is 1. The molecule has 1 aromatic carbocycles. The van der Waals surface area contributed by atoms with Crippen molar-refractivity contribution in [1.29, 1.82) is 0 Å². The van der Waals surface area contributed by atoms with E-state index in [2.05, 4.69) is 5.10 Å². The van der Waals surface area contributed by atoms with Crippen molar-refractivity contribution in [1.82, 2.24) is 24.1 Å². The summed E-state index contributed by atoms with van der Waals surface area (Å²) in [6.07, 6.45) is 3.54. The monoisotopic (exact) mass is 437 g/mol. The van der Waals surface area contributed by atoms with Gasteiger partial charge in [0.2, 0.25) is 0 Å². The van der Waals surface area contributed by atoms with Crippen LogP contribution in [0, 0.1) is 0 Å². The molecule has 9 heteroatoms. The average Bonchev–Trinajstić information content (AvgIpc) is 3.15. The molecule has 0 saturated carbocycles. The van der Waals surface area contributed by atoms with Gasteiger partial charge in [-0.1, -0.05) is 18.2 Å². The van der Waals surface area contributed by atoms with Crippen molar-refractivity contribution in [3.8, 4) is 16.9 Å². The number of fused-ring (bicyclic) bond motifs is 1. The normalized spacial score (nSPS) is 14.8. The Bertz CT molecular complexity index is 1140. The molecule has 3 aliphatic rings. The Labute approximate surface area is 186 Å². The fourth-order valence-corrected chi connectivity index (χ4v) is 3.85. The Balaban J connectivity index is 1.68. The SMILES string of the molecule is COC(=O)CN1CCN(C(=O)c2cn(C(C)C)cc3c(=O)n(-c4ccccc4)nc2-3)CC1. The largest absolute Gasteiger partial charge is 0.468 e. The minimum atomic E-state index is -0.290. The number of amides is 1. The molecular formula is C23H27N5O4. The van der Waals surface area contributed by atoms with E-state index in [-0.39, 0.29) is 30.0 Å². The predicted molar refractivity (Wildman–Crippen MR) is 119 cm³/mol. The topological polar surface area (TPSA) is 89.7 Å². The number of ether oxygens (including phenoxy) is 1. The summed E-state index contributed by atoms with van der Waals surface area (Å²) in [6, 6.07) is 9.25. The highest BCUT2D eigenvalue weighted by Crippen LogP contribution is 2.25. The number of esters is 1. The molecule has 3 heterocycles. The van der Waals surface area contributed by atoms with Gasteiger partial charge >= 0.3 is 5.97 Å². The molecule has 0 bridgehead atoms. The van der Waals surface area contributed by atoms with Crippen LogP contribution < -0.4 is 5.56 Å². The number of hydrogen-bond donors (Lipinski definition) is 0. The third-order valence-corrected chi connectivity index (χ3v) is 5.76. The van der Waals surface area contributed by atoms with Crippen LogP contribution >= 0.6 is 0 Å². The van der Waals surface area contributed by atoms with Crippen molar-refractivity contribution < 1.29 is 14.3 Å². The fourth-order valence-electron chi connectivity index (χ4n) is 3.85. The van der Waals surface area contributed by atoms with E-state index in [1.165, 1.54) is 11.8 Å². The van der Waals surface area contributed by atoms with Crippen molar-refractivity contribution in [3.05, 3.63) is 58.6 Å². The van der Waals surface area contributed by atoms with Crippen LogP contribution in [0.5, 0.6) is 0 Å². The van der Waals surface area contributed by atoms with Gasteiger partial charge < -0.3 is 14.2 Å². The first kappa shape index (κ1) is 21.8. The Morgan fingerprint density at radius 3 is 2.38 bits per heavy atom. The molecular weight excluding hydrogens is 410 g/mol. The summed E-state index contributed by atoms with van der Waals surface area (Å²) in [6.45, 7) is 6.32. The van der Waals surface area contributed by atoms with Gasteiger partial charge in [-0.2, -0.15) is 9.78 Å². The Morgan fingerprint density at radius 1 is 1.06 bits per heavy atom. The smallest absolute Gasteiger partial charge is 0.319 e. The molecule has 1 saturated heterocycles. The first-order valence-electron chi connectivity index (χ1n) is 10.7. The molecule has 0 N–H and O–H groups in total. The molecule has 1 aromatic rings. The van der Waals surface area contributed by atoms with Crippen molar-refractivity contribution in [2.75, 3.05) is 39.8 Å². The number of carbonyl (C=O) groups is 2. The summed E-state index contributed by atoms with van der Waals surface area (Å²) in [5, 5.41) is 4.54. The van der Waals surface area contributed by atoms with Crippen molar-refractivity contribution in [2.45, 2.75) is 19.9 Å². The van der Waals surface area contributed by atoms with E-state index in [1.807, 2.05) is 53.6 Å². The first-order valence-corrected chi connectivity index (χ1v) is 10.7. The average molecular weight is 438 g/mol. The van der Waals surface area contributed by atoms with Gasteiger partial charge in [0.05, 0.1) is 30.5 Å². The van der Waals surface area contributed by atoms with E-state index in [0.29, 0.717) is 48.7 Å². The maximum atomic E-state index is 13.5. The fraction of sp³-hybridized carbons (Fsp3) is 0.391. The zero-order valence-electron chi connectivity index (χ0n) is 18.5. The van der Waals surface area contributed by atoms with E-state index >= 15 is 0 Å². The van der Waals surface area contributed by atoms with Gasteiger partial charge in [0.25, 0.3) is 11.5 Å². The number of rotatable bonds is 5. The molecule has 1 fully saturated rings. The lowest BCUT2D eigenvalue weighted by Gasteiger charge is -2.34. The maximum Gasteiger partial charge on any atom is 0.319 e. The lowest BCUT2D eigenvalue weighted by Crippen LogP contribution is -2.50. The third-order valence-electron chi connectivity index (χ3n) is 5.76. The lowest BCUT2D eigenvalue weighted by atomic mass is 10.1. The van der Waals surface area contributed by atoms with Gasteiger partial charge in [-0.15, -0.1) is 0 Å². The molecule has 0 unspecified atom stereocenters. The van der Waals surface area contributed by atoms with E-state index in [9.17, 15) is 14.4 Å². The maximum absolute atomic E-state index is 13.5. The molecule has 3 aliphatic heterocycles. The van der Waals surface area contributed by atoms with Gasteiger partial charge in [0.15, 0.2) is 0 Å². The van der Waals surface area contributed by atoms with E-state index in [1.54, 1.807) is 17.3 Å². The molecule has 0 radical (unpaired) electrons. The third kappa shape index (κ3) is 4.16. The summed E-state index contributed by atoms with van der Waals surface area (Å²) in [7, 11) is 1.37. The second-order valence-corrected chi connectivity index (χ2v) is 8.17. The van der Waals surface area contributed by atoms with Crippen LogP contribution in [-0.4, -0.2) is 75.9 Å². The molecule has 168 valence electrons. The molecule has 1 amide bonds. The van der Waals surface area contributed by atoms with Crippen molar-refractivity contribution >= 4 is 11.9 Å². The number of hydrogen-bond acceptors (Lipinski definition) is 6. The van der Waals surface area contributed by atoms with Gasteiger partial charge in [-0.3, -0.25) is 19.3 Å². The quantitative estimate of drug-likeness (QED) is 0.564. The van der Waals surface area contributed by atoms with Gasteiger partial charge in [0.1, 0.15) is 5.69 Å². The predicted octanol–water partition coefficient (Wildman–Crippen LogP) is 1.65. The Morgan fingerprint density at radius 2 is 1.75 bits per heavy atom. The second-order valence-electron chi connectivity index (χ2n) is 8.17. The highest BCUT2D eigenvalue weighted by atomic mass is 16.5. The van der Waals surface area contributed by atoms with Crippen LogP contribution in [0.1, 0.15) is 30.2 Å². The number of nitrogens with zero attached hydrogens (tertiary/aromatic N) is 5. The van der Waals surface area contributed by atoms with Crippen LogP contribution in [0.25, 0.3) is 16.9 Å². The number of methoxy groups -OCH3 is 1. The van der Waals surface area contributed by atoms with Gasteiger partial charge in [-0.05, 0) is 26.0 Å². The van der Waals surface area contributed by atoms with Crippen LogP contribution in [0.3, 0.4) is 0 Å². The highest BCUT2D eigenvalue weighted by Gasteiger charge is 2.29. The van der Waals surface area contributed by atoms with Crippen molar-refractivity contribution in [2.24, 2.45) is 0 Å². The number of aromatic nitrogens is 3. The second kappa shape index (κ2) is 8.96. The molecule has 9 nitrogen and oxygen atoms in total.